The van der Waals surface area contributed by atoms with E-state index in [0.717, 1.165) is 24.9 Å². The van der Waals surface area contributed by atoms with Gasteiger partial charge in [-0.25, -0.2) is 0 Å². The zero-order chi connectivity index (χ0) is 13.1. The Morgan fingerprint density at radius 3 is 2.67 bits per heavy atom. The molecule has 3 nitrogen and oxygen atoms in total. The van der Waals surface area contributed by atoms with E-state index < -0.39 is 5.82 Å². The second kappa shape index (κ2) is 5.89. The molecule has 1 aliphatic rings. The Balaban J connectivity index is 2.33. The first-order valence-electron chi connectivity index (χ1n) is 5.99. The summed E-state index contributed by atoms with van der Waals surface area (Å²) in [6.07, 6.45) is 3.06. The third kappa shape index (κ3) is 2.62. The molecule has 1 heterocycles. The van der Waals surface area contributed by atoms with E-state index in [1.807, 2.05) is 6.07 Å². The van der Waals surface area contributed by atoms with Crippen molar-refractivity contribution in [3.63, 3.8) is 0 Å². The van der Waals surface area contributed by atoms with E-state index >= 15 is 0 Å². The van der Waals surface area contributed by atoms with Gasteiger partial charge in [0.05, 0.1) is 18.7 Å². The predicted octanol–water partition coefficient (Wildman–Crippen LogP) is 2.90. The van der Waals surface area contributed by atoms with Crippen LogP contribution in [0.1, 0.15) is 18.4 Å². The van der Waals surface area contributed by atoms with Gasteiger partial charge in [-0.3, -0.25) is 0 Å². The van der Waals surface area contributed by atoms with E-state index in [9.17, 15) is 4.39 Å². The average molecular weight is 318 g/mol. The number of rotatable bonds is 4. The summed E-state index contributed by atoms with van der Waals surface area (Å²) < 4.78 is 25.0. The van der Waals surface area contributed by atoms with Gasteiger partial charge >= 0.3 is 0 Å². The van der Waals surface area contributed by atoms with Gasteiger partial charge in [0.25, 0.3) is 0 Å². The predicted molar refractivity (Wildman–Crippen MR) is 71.9 cm³/mol. The van der Waals surface area contributed by atoms with Crippen molar-refractivity contribution >= 4 is 15.9 Å². The van der Waals surface area contributed by atoms with Crippen LogP contribution in [0.4, 0.5) is 4.39 Å². The fraction of sp³-hybridized carbons (Fsp3) is 0.538. The van der Waals surface area contributed by atoms with Gasteiger partial charge in [-0.05, 0) is 47.8 Å². The Hall–Kier alpha value is -0.810. The second-order valence-electron chi connectivity index (χ2n) is 4.40. The molecule has 0 saturated carbocycles. The lowest BCUT2D eigenvalue weighted by Gasteiger charge is -2.16. The number of ether oxygens (including phenoxy) is 2. The van der Waals surface area contributed by atoms with Crippen molar-refractivity contribution in [1.29, 1.82) is 0 Å². The van der Waals surface area contributed by atoms with Crippen molar-refractivity contribution in [2.24, 2.45) is 0 Å². The third-order valence-electron chi connectivity index (χ3n) is 3.25. The van der Waals surface area contributed by atoms with Gasteiger partial charge in [0.2, 0.25) is 5.82 Å². The van der Waals surface area contributed by atoms with Crippen molar-refractivity contribution < 1.29 is 13.9 Å². The molecule has 0 bridgehead atoms. The maximum absolute atomic E-state index is 14.2. The van der Waals surface area contributed by atoms with Crippen LogP contribution in [-0.2, 0) is 6.42 Å². The molecule has 2 rings (SSSR count). The Labute approximate surface area is 115 Å². The topological polar surface area (TPSA) is 30.5 Å². The third-order valence-corrected chi connectivity index (χ3v) is 3.83. The summed E-state index contributed by atoms with van der Waals surface area (Å²) >= 11 is 3.33. The summed E-state index contributed by atoms with van der Waals surface area (Å²) in [6.45, 7) is 1.03. The van der Waals surface area contributed by atoms with Crippen LogP contribution in [0.3, 0.4) is 0 Å². The van der Waals surface area contributed by atoms with E-state index in [1.54, 1.807) is 0 Å². The highest BCUT2D eigenvalue weighted by Crippen LogP contribution is 2.38. The first kappa shape index (κ1) is 13.6. The lowest BCUT2D eigenvalue weighted by Crippen LogP contribution is -2.24. The quantitative estimate of drug-likeness (QED) is 0.926. The number of nitrogens with one attached hydrogen (secondary N) is 1. The zero-order valence-corrected chi connectivity index (χ0v) is 12.1. The summed E-state index contributed by atoms with van der Waals surface area (Å²) in [5.41, 5.74) is 0.863. The fourth-order valence-electron chi connectivity index (χ4n) is 2.39. The summed E-state index contributed by atoms with van der Waals surface area (Å²) in [6, 6.07) is 2.28. The molecule has 1 N–H and O–H groups in total. The molecule has 0 amide bonds. The molecule has 18 heavy (non-hydrogen) atoms. The van der Waals surface area contributed by atoms with Crippen LogP contribution >= 0.6 is 15.9 Å². The minimum Gasteiger partial charge on any atom is -0.493 e. The Kier molecular flexibility index (Phi) is 4.45. The van der Waals surface area contributed by atoms with Crippen molar-refractivity contribution in [1.82, 2.24) is 5.32 Å². The van der Waals surface area contributed by atoms with Gasteiger partial charge in [-0.1, -0.05) is 0 Å². The van der Waals surface area contributed by atoms with Gasteiger partial charge in [-0.15, -0.1) is 0 Å². The molecule has 5 heteroatoms. The zero-order valence-electron chi connectivity index (χ0n) is 10.6. The molecule has 0 aromatic heterocycles. The van der Waals surface area contributed by atoms with Gasteiger partial charge < -0.3 is 14.8 Å². The maximum atomic E-state index is 14.2. The Bertz CT molecular complexity index is 433. The standard InChI is InChI=1S/C13H17BrFNO2/c1-17-12-8(6-9-4-3-5-16-9)7-10(14)13(18-2)11(12)15/h7,9,16H,3-6H2,1-2H3. The number of benzene rings is 1. The summed E-state index contributed by atoms with van der Waals surface area (Å²) in [4.78, 5) is 0. The maximum Gasteiger partial charge on any atom is 0.208 e. The van der Waals surface area contributed by atoms with Crippen molar-refractivity contribution in [3.8, 4) is 11.5 Å². The van der Waals surface area contributed by atoms with Crippen LogP contribution in [0.15, 0.2) is 10.5 Å². The molecule has 0 spiro atoms. The first-order chi connectivity index (χ1) is 8.67. The minimum atomic E-state index is -0.442. The number of halogens is 2. The normalized spacial score (nSPS) is 19.0. The molecule has 1 aromatic carbocycles. The molecule has 100 valence electrons. The molecular formula is C13H17BrFNO2. The van der Waals surface area contributed by atoms with Crippen LogP contribution < -0.4 is 14.8 Å². The molecule has 1 atom stereocenters. The lowest BCUT2D eigenvalue weighted by atomic mass is 10.0. The smallest absolute Gasteiger partial charge is 0.208 e. The Morgan fingerprint density at radius 2 is 2.11 bits per heavy atom. The van der Waals surface area contributed by atoms with Crippen molar-refractivity contribution in [3.05, 3.63) is 21.9 Å². The molecule has 0 aliphatic carbocycles. The second-order valence-corrected chi connectivity index (χ2v) is 5.25. The van der Waals surface area contributed by atoms with Crippen LogP contribution in [-0.4, -0.2) is 26.8 Å². The van der Waals surface area contributed by atoms with Gasteiger partial charge in [0.15, 0.2) is 11.5 Å². The van der Waals surface area contributed by atoms with Crippen molar-refractivity contribution in [2.45, 2.75) is 25.3 Å². The van der Waals surface area contributed by atoms with Crippen LogP contribution in [0.5, 0.6) is 11.5 Å². The highest BCUT2D eigenvalue weighted by molar-refractivity contribution is 9.10. The molecule has 1 aromatic rings. The van der Waals surface area contributed by atoms with Crippen molar-refractivity contribution in [2.75, 3.05) is 20.8 Å². The van der Waals surface area contributed by atoms with Crippen LogP contribution in [0, 0.1) is 5.82 Å². The highest BCUT2D eigenvalue weighted by atomic mass is 79.9. The summed E-state index contributed by atoms with van der Waals surface area (Å²) in [5, 5.41) is 3.40. The molecule has 1 unspecified atom stereocenters. The summed E-state index contributed by atoms with van der Waals surface area (Å²) in [5.74, 6) is 0.0288. The van der Waals surface area contributed by atoms with Gasteiger partial charge in [0, 0.05) is 11.6 Å². The van der Waals surface area contributed by atoms with E-state index in [0.29, 0.717) is 10.5 Å². The molecular weight excluding hydrogens is 301 g/mol. The number of hydrogen-bond acceptors (Lipinski definition) is 3. The summed E-state index contributed by atoms with van der Waals surface area (Å²) in [7, 11) is 2.93. The molecule has 1 saturated heterocycles. The Morgan fingerprint density at radius 1 is 1.39 bits per heavy atom. The highest BCUT2D eigenvalue weighted by Gasteiger charge is 2.22. The largest absolute Gasteiger partial charge is 0.493 e. The minimum absolute atomic E-state index is 0.190. The number of methoxy groups -OCH3 is 2. The molecule has 0 radical (unpaired) electrons. The average Bonchev–Trinajstić information content (AvgIpc) is 2.82. The SMILES string of the molecule is COc1c(Br)cc(CC2CCCN2)c(OC)c1F. The van der Waals surface area contributed by atoms with Gasteiger partial charge in [0.1, 0.15) is 0 Å². The monoisotopic (exact) mass is 317 g/mol. The van der Waals surface area contributed by atoms with E-state index in [1.165, 1.54) is 20.6 Å². The number of hydrogen-bond donors (Lipinski definition) is 1. The van der Waals surface area contributed by atoms with E-state index in [-0.39, 0.29) is 11.5 Å². The fourth-order valence-corrected chi connectivity index (χ4v) is 3.00. The van der Waals surface area contributed by atoms with E-state index in [2.05, 4.69) is 21.2 Å². The van der Waals surface area contributed by atoms with E-state index in [4.69, 9.17) is 9.47 Å². The van der Waals surface area contributed by atoms with Crippen LogP contribution in [0.25, 0.3) is 0 Å². The lowest BCUT2D eigenvalue weighted by molar-refractivity contribution is 0.344. The van der Waals surface area contributed by atoms with Gasteiger partial charge in [-0.2, -0.15) is 4.39 Å². The molecule has 1 aliphatic heterocycles. The van der Waals surface area contributed by atoms with Crippen LogP contribution in [0.2, 0.25) is 0 Å². The first-order valence-corrected chi connectivity index (χ1v) is 6.79. The molecule has 1 fully saturated rings.